The number of carbonyl (C=O) groups excluding carboxylic acids is 1. The van der Waals surface area contributed by atoms with Crippen molar-refractivity contribution in [1.82, 2.24) is 4.90 Å². The zero-order chi connectivity index (χ0) is 11.1. The number of nitrogens with two attached hydrogens (primary N) is 1. The van der Waals surface area contributed by atoms with Crippen LogP contribution in [-0.4, -0.2) is 28.9 Å². The molecule has 82 valence electrons. The largest absolute Gasteiger partial charge is 0.393 e. The highest BCUT2D eigenvalue weighted by Gasteiger charge is 2.23. The van der Waals surface area contributed by atoms with Gasteiger partial charge in [0.05, 0.1) is 10.9 Å². The summed E-state index contributed by atoms with van der Waals surface area (Å²) in [6.45, 7) is 7.47. The Hall–Kier alpha value is -0.640. The third-order valence-electron chi connectivity index (χ3n) is 2.24. The third-order valence-corrected chi connectivity index (χ3v) is 2.52. The smallest absolute Gasteiger partial charge is 0.232 e. The molecule has 0 saturated carbocycles. The molecule has 3 nitrogen and oxygen atoms in total. The predicted molar refractivity (Wildman–Crippen MR) is 63.1 cm³/mol. The van der Waals surface area contributed by atoms with Gasteiger partial charge >= 0.3 is 0 Å². The Labute approximate surface area is 91.6 Å². The van der Waals surface area contributed by atoms with E-state index >= 15 is 0 Å². The van der Waals surface area contributed by atoms with Crippen molar-refractivity contribution in [2.75, 3.05) is 13.1 Å². The monoisotopic (exact) mass is 216 g/mol. The molecule has 14 heavy (non-hydrogen) atoms. The summed E-state index contributed by atoms with van der Waals surface area (Å²) in [7, 11) is 0. The van der Waals surface area contributed by atoms with Crippen molar-refractivity contribution in [3.63, 3.8) is 0 Å². The number of hydrogen-bond donors (Lipinski definition) is 1. The Morgan fingerprint density at radius 3 is 2.29 bits per heavy atom. The number of carbonyl (C=O) groups is 1. The maximum Gasteiger partial charge on any atom is 0.232 e. The van der Waals surface area contributed by atoms with Gasteiger partial charge < -0.3 is 10.6 Å². The molecule has 0 aliphatic heterocycles. The van der Waals surface area contributed by atoms with Crippen molar-refractivity contribution in [3.8, 4) is 0 Å². The second-order valence-corrected chi connectivity index (χ2v) is 3.75. The van der Waals surface area contributed by atoms with Gasteiger partial charge in [0.15, 0.2) is 0 Å². The van der Waals surface area contributed by atoms with E-state index in [1.165, 1.54) is 0 Å². The van der Waals surface area contributed by atoms with Gasteiger partial charge in [-0.1, -0.05) is 26.1 Å². The second kappa shape index (κ2) is 6.76. The second-order valence-electron chi connectivity index (χ2n) is 3.28. The number of nitrogens with zero attached hydrogens (tertiary/aromatic N) is 1. The minimum absolute atomic E-state index is 0.0735. The van der Waals surface area contributed by atoms with E-state index in [0.717, 1.165) is 19.5 Å². The molecule has 1 amide bonds. The van der Waals surface area contributed by atoms with Gasteiger partial charge in [0.25, 0.3) is 0 Å². The number of amides is 1. The van der Waals surface area contributed by atoms with E-state index in [1.54, 1.807) is 0 Å². The summed E-state index contributed by atoms with van der Waals surface area (Å²) in [6, 6.07) is 0. The summed E-state index contributed by atoms with van der Waals surface area (Å²) >= 11 is 4.87. The molecule has 0 saturated heterocycles. The van der Waals surface area contributed by atoms with Crippen LogP contribution in [0, 0.1) is 5.92 Å². The lowest BCUT2D eigenvalue weighted by Crippen LogP contribution is -2.41. The first-order valence-electron chi connectivity index (χ1n) is 5.16. The fourth-order valence-electron chi connectivity index (χ4n) is 1.41. The Bertz CT molecular complexity index is 206. The highest BCUT2D eigenvalue weighted by atomic mass is 32.1. The first kappa shape index (κ1) is 13.4. The van der Waals surface area contributed by atoms with E-state index in [4.69, 9.17) is 18.0 Å². The molecular formula is C10H20N2OS. The van der Waals surface area contributed by atoms with Crippen LogP contribution in [0.15, 0.2) is 0 Å². The molecule has 1 atom stereocenters. The molecular weight excluding hydrogens is 196 g/mol. The summed E-state index contributed by atoms with van der Waals surface area (Å²) < 4.78 is 0. The summed E-state index contributed by atoms with van der Waals surface area (Å²) in [5.41, 5.74) is 5.52. The lowest BCUT2D eigenvalue weighted by Gasteiger charge is -2.24. The highest BCUT2D eigenvalue weighted by molar-refractivity contribution is 7.80. The molecule has 0 radical (unpaired) electrons. The lowest BCUT2D eigenvalue weighted by atomic mass is 10.1. The molecule has 0 bridgehead atoms. The van der Waals surface area contributed by atoms with Gasteiger partial charge in [0, 0.05) is 13.1 Å². The zero-order valence-electron chi connectivity index (χ0n) is 9.25. The Morgan fingerprint density at radius 2 is 2.00 bits per heavy atom. The molecule has 0 aromatic heterocycles. The average molecular weight is 216 g/mol. The van der Waals surface area contributed by atoms with Gasteiger partial charge in [-0.05, 0) is 19.8 Å². The van der Waals surface area contributed by atoms with Crippen LogP contribution in [0.3, 0.4) is 0 Å². The Balaban J connectivity index is 4.45. The van der Waals surface area contributed by atoms with Crippen LogP contribution < -0.4 is 5.73 Å². The minimum atomic E-state index is -0.281. The molecule has 2 N–H and O–H groups in total. The number of rotatable bonds is 6. The fraction of sp³-hybridized carbons (Fsp3) is 0.800. The minimum Gasteiger partial charge on any atom is -0.393 e. The van der Waals surface area contributed by atoms with Crippen LogP contribution >= 0.6 is 12.2 Å². The maximum absolute atomic E-state index is 11.9. The molecule has 0 aliphatic rings. The molecule has 0 aromatic carbocycles. The van der Waals surface area contributed by atoms with Crippen LogP contribution in [-0.2, 0) is 4.79 Å². The quantitative estimate of drug-likeness (QED) is 0.685. The van der Waals surface area contributed by atoms with Crippen molar-refractivity contribution in [2.45, 2.75) is 33.6 Å². The topological polar surface area (TPSA) is 46.3 Å². The van der Waals surface area contributed by atoms with Gasteiger partial charge in [-0.15, -0.1) is 0 Å². The van der Waals surface area contributed by atoms with Crippen molar-refractivity contribution >= 4 is 23.1 Å². The molecule has 0 rings (SSSR count). The standard InChI is InChI=1S/C10H20N2OS/c1-4-7-12(6-3)10(13)8(5-2)9(11)14/h8H,4-7H2,1-3H3,(H2,11,14). The van der Waals surface area contributed by atoms with E-state index in [1.807, 2.05) is 18.7 Å². The molecule has 4 heteroatoms. The summed E-state index contributed by atoms with van der Waals surface area (Å²) in [4.78, 5) is 14.0. The van der Waals surface area contributed by atoms with Crippen LogP contribution in [0.25, 0.3) is 0 Å². The maximum atomic E-state index is 11.9. The fourth-order valence-corrected chi connectivity index (χ4v) is 1.68. The van der Waals surface area contributed by atoms with Gasteiger partial charge in [0.2, 0.25) is 5.91 Å². The highest BCUT2D eigenvalue weighted by Crippen LogP contribution is 2.08. The molecule has 0 aromatic rings. The van der Waals surface area contributed by atoms with Crippen molar-refractivity contribution in [1.29, 1.82) is 0 Å². The molecule has 0 heterocycles. The normalized spacial score (nSPS) is 12.2. The molecule has 1 unspecified atom stereocenters. The number of thiocarbonyl (C=S) groups is 1. The van der Waals surface area contributed by atoms with Gasteiger partial charge in [0.1, 0.15) is 0 Å². The van der Waals surface area contributed by atoms with E-state index < -0.39 is 0 Å². The van der Waals surface area contributed by atoms with Crippen LogP contribution in [0.1, 0.15) is 33.6 Å². The SMILES string of the molecule is CCCN(CC)C(=O)C(CC)C(N)=S. The van der Waals surface area contributed by atoms with Crippen LogP contribution in [0.2, 0.25) is 0 Å². The van der Waals surface area contributed by atoms with E-state index in [2.05, 4.69) is 6.92 Å². The Kier molecular flexibility index (Phi) is 6.45. The summed E-state index contributed by atoms with van der Waals surface area (Å²) in [5.74, 6) is -0.208. The average Bonchev–Trinajstić information content (AvgIpc) is 2.14. The van der Waals surface area contributed by atoms with E-state index in [0.29, 0.717) is 11.4 Å². The Morgan fingerprint density at radius 1 is 1.43 bits per heavy atom. The van der Waals surface area contributed by atoms with Gasteiger partial charge in [-0.25, -0.2) is 0 Å². The van der Waals surface area contributed by atoms with Gasteiger partial charge in [-0.3, -0.25) is 4.79 Å². The summed E-state index contributed by atoms with van der Waals surface area (Å²) in [6.07, 6.45) is 1.65. The van der Waals surface area contributed by atoms with Crippen molar-refractivity contribution < 1.29 is 4.79 Å². The van der Waals surface area contributed by atoms with Crippen LogP contribution in [0.4, 0.5) is 0 Å². The van der Waals surface area contributed by atoms with Crippen molar-refractivity contribution in [2.24, 2.45) is 11.7 Å². The van der Waals surface area contributed by atoms with Gasteiger partial charge in [-0.2, -0.15) is 0 Å². The third kappa shape index (κ3) is 3.62. The van der Waals surface area contributed by atoms with E-state index in [9.17, 15) is 4.79 Å². The zero-order valence-corrected chi connectivity index (χ0v) is 10.1. The summed E-state index contributed by atoms with van der Waals surface area (Å²) in [5, 5.41) is 0. The predicted octanol–water partition coefficient (Wildman–Crippen LogP) is 1.56. The number of hydrogen-bond acceptors (Lipinski definition) is 2. The van der Waals surface area contributed by atoms with Crippen molar-refractivity contribution in [3.05, 3.63) is 0 Å². The first-order valence-corrected chi connectivity index (χ1v) is 5.57. The van der Waals surface area contributed by atoms with E-state index in [-0.39, 0.29) is 11.8 Å². The molecule has 0 aliphatic carbocycles. The molecule has 0 fully saturated rings. The lowest BCUT2D eigenvalue weighted by molar-refractivity contribution is -0.133. The van der Waals surface area contributed by atoms with Crippen LogP contribution in [0.5, 0.6) is 0 Å². The molecule has 0 spiro atoms. The first-order chi connectivity index (χ1) is 6.58.